The van der Waals surface area contributed by atoms with Crippen LogP contribution in [0, 0.1) is 0 Å². The van der Waals surface area contributed by atoms with Crippen molar-refractivity contribution in [2.75, 3.05) is 0 Å². The van der Waals surface area contributed by atoms with Gasteiger partial charge in [0, 0.05) is 0 Å². The predicted molar refractivity (Wildman–Crippen MR) is 60.4 cm³/mol. The van der Waals surface area contributed by atoms with Gasteiger partial charge in [-0.3, -0.25) is 0 Å². The molecule has 0 saturated carbocycles. The van der Waals surface area contributed by atoms with Crippen molar-refractivity contribution in [1.82, 2.24) is 0 Å². The second-order valence-electron chi connectivity index (χ2n) is 4.37. The van der Waals surface area contributed by atoms with Crippen molar-refractivity contribution in [2.24, 2.45) is 0 Å². The molecule has 0 amide bonds. The van der Waals surface area contributed by atoms with Crippen LogP contribution in [0.15, 0.2) is 24.3 Å². The lowest BCUT2D eigenvalue weighted by Crippen LogP contribution is -2.21. The number of hydrogen-bond donors (Lipinski definition) is 1. The molecule has 1 aromatic carbocycles. The van der Waals surface area contributed by atoms with Crippen molar-refractivity contribution in [3.63, 3.8) is 0 Å². The first-order valence-corrected chi connectivity index (χ1v) is 5.30. The zero-order valence-electron chi connectivity index (χ0n) is 9.54. The van der Waals surface area contributed by atoms with Gasteiger partial charge in [-0.1, -0.05) is 45.0 Å². The molecule has 14 heavy (non-hydrogen) atoms. The highest BCUT2D eigenvalue weighted by molar-refractivity contribution is 5.33. The Labute approximate surface area is 86.8 Å². The summed E-state index contributed by atoms with van der Waals surface area (Å²) in [5.41, 5.74) is 1.62. The number of rotatable bonds is 3. The molecule has 0 heterocycles. The van der Waals surface area contributed by atoms with E-state index in [0.717, 1.165) is 12.0 Å². The molecule has 78 valence electrons. The average molecular weight is 192 g/mol. The topological polar surface area (TPSA) is 20.2 Å². The van der Waals surface area contributed by atoms with Crippen molar-refractivity contribution >= 4 is 0 Å². The third-order valence-corrected chi connectivity index (χ3v) is 2.85. The Morgan fingerprint density at radius 1 is 1.29 bits per heavy atom. The molecule has 1 N–H and O–H groups in total. The Hall–Kier alpha value is -0.820. The number of benzene rings is 1. The van der Waals surface area contributed by atoms with Gasteiger partial charge in [-0.05, 0) is 30.4 Å². The van der Waals surface area contributed by atoms with Crippen LogP contribution in [0.2, 0.25) is 0 Å². The van der Waals surface area contributed by atoms with Gasteiger partial charge in [0.25, 0.3) is 0 Å². The van der Waals surface area contributed by atoms with Gasteiger partial charge in [-0.15, -0.1) is 0 Å². The average Bonchev–Trinajstić information content (AvgIpc) is 2.18. The van der Waals surface area contributed by atoms with E-state index >= 15 is 0 Å². The smallest absolute Gasteiger partial charge is 0.0868 e. The molecule has 0 aliphatic rings. The summed E-state index contributed by atoms with van der Waals surface area (Å²) in [6.45, 7) is 8.21. The summed E-state index contributed by atoms with van der Waals surface area (Å²) in [5, 5.41) is 10.2. The minimum Gasteiger partial charge on any atom is -0.385 e. The molecule has 0 radical (unpaired) electrons. The highest BCUT2D eigenvalue weighted by Crippen LogP contribution is 2.30. The van der Waals surface area contributed by atoms with Crippen LogP contribution in [-0.4, -0.2) is 5.11 Å². The van der Waals surface area contributed by atoms with Crippen molar-refractivity contribution in [3.8, 4) is 0 Å². The van der Waals surface area contributed by atoms with Crippen molar-refractivity contribution in [2.45, 2.75) is 45.6 Å². The van der Waals surface area contributed by atoms with Crippen LogP contribution >= 0.6 is 0 Å². The van der Waals surface area contributed by atoms with E-state index in [0.29, 0.717) is 5.92 Å². The fraction of sp³-hybridized carbons (Fsp3) is 0.538. The Bertz CT molecular complexity index is 300. The quantitative estimate of drug-likeness (QED) is 0.778. The minimum absolute atomic E-state index is 0.462. The first-order valence-electron chi connectivity index (χ1n) is 5.30. The van der Waals surface area contributed by atoms with E-state index in [1.165, 1.54) is 5.56 Å². The summed E-state index contributed by atoms with van der Waals surface area (Å²) in [6, 6.07) is 8.15. The van der Waals surface area contributed by atoms with Crippen LogP contribution in [0.3, 0.4) is 0 Å². The summed E-state index contributed by atoms with van der Waals surface area (Å²) >= 11 is 0. The molecule has 0 aliphatic carbocycles. The number of hydrogen-bond acceptors (Lipinski definition) is 1. The molecule has 1 aromatic rings. The summed E-state index contributed by atoms with van der Waals surface area (Å²) < 4.78 is 0. The van der Waals surface area contributed by atoms with Gasteiger partial charge in [0.15, 0.2) is 0 Å². The van der Waals surface area contributed by atoms with E-state index in [1.54, 1.807) is 0 Å². The van der Waals surface area contributed by atoms with Crippen molar-refractivity contribution in [1.29, 1.82) is 0 Å². The maximum atomic E-state index is 10.2. The van der Waals surface area contributed by atoms with E-state index in [1.807, 2.05) is 32.0 Å². The van der Waals surface area contributed by atoms with Gasteiger partial charge < -0.3 is 5.11 Å². The summed E-state index contributed by atoms with van der Waals surface area (Å²) in [4.78, 5) is 0. The molecule has 1 nitrogen and oxygen atoms in total. The summed E-state index contributed by atoms with van der Waals surface area (Å²) in [7, 11) is 0. The second kappa shape index (κ2) is 4.14. The second-order valence-corrected chi connectivity index (χ2v) is 4.37. The number of aliphatic hydroxyl groups is 1. The van der Waals surface area contributed by atoms with Gasteiger partial charge >= 0.3 is 0 Å². The lowest BCUT2D eigenvalue weighted by atomic mass is 9.85. The largest absolute Gasteiger partial charge is 0.385 e. The molecule has 1 atom stereocenters. The van der Waals surface area contributed by atoms with Crippen molar-refractivity contribution < 1.29 is 5.11 Å². The zero-order chi connectivity index (χ0) is 10.8. The molecule has 0 bridgehead atoms. The third-order valence-electron chi connectivity index (χ3n) is 2.85. The molecule has 0 spiro atoms. The van der Waals surface area contributed by atoms with E-state index in [-0.39, 0.29) is 0 Å². The van der Waals surface area contributed by atoms with E-state index < -0.39 is 5.60 Å². The fourth-order valence-electron chi connectivity index (χ4n) is 1.68. The van der Waals surface area contributed by atoms with Crippen LogP contribution in [-0.2, 0) is 5.60 Å². The molecule has 0 fully saturated rings. The minimum atomic E-state index is -0.694. The van der Waals surface area contributed by atoms with Crippen LogP contribution < -0.4 is 0 Å². The standard InChI is InChI=1S/C13H20O/c1-5-13(4,14)12-9-7-6-8-11(12)10(2)3/h6-10,14H,5H2,1-4H3/t13-/m1/s1. The molecular weight excluding hydrogens is 172 g/mol. The highest BCUT2D eigenvalue weighted by Gasteiger charge is 2.23. The molecule has 1 rings (SSSR count). The molecule has 0 saturated heterocycles. The van der Waals surface area contributed by atoms with Gasteiger partial charge in [-0.25, -0.2) is 0 Å². The SMILES string of the molecule is CC[C@@](C)(O)c1ccccc1C(C)C. The van der Waals surface area contributed by atoms with Gasteiger partial charge in [0.1, 0.15) is 0 Å². The van der Waals surface area contributed by atoms with E-state index in [2.05, 4.69) is 19.9 Å². The van der Waals surface area contributed by atoms with E-state index in [9.17, 15) is 5.11 Å². The molecule has 0 unspecified atom stereocenters. The summed E-state index contributed by atoms with van der Waals surface area (Å²) in [5.74, 6) is 0.462. The zero-order valence-corrected chi connectivity index (χ0v) is 9.54. The fourth-order valence-corrected chi connectivity index (χ4v) is 1.68. The molecule has 1 heteroatoms. The monoisotopic (exact) mass is 192 g/mol. The predicted octanol–water partition coefficient (Wildman–Crippen LogP) is 3.43. The summed E-state index contributed by atoms with van der Waals surface area (Å²) in [6.07, 6.45) is 0.747. The Kier molecular flexibility index (Phi) is 3.33. The van der Waals surface area contributed by atoms with Crippen LogP contribution in [0.4, 0.5) is 0 Å². The van der Waals surface area contributed by atoms with Crippen LogP contribution in [0.25, 0.3) is 0 Å². The maximum Gasteiger partial charge on any atom is 0.0868 e. The van der Waals surface area contributed by atoms with Crippen LogP contribution in [0.5, 0.6) is 0 Å². The van der Waals surface area contributed by atoms with Gasteiger partial charge in [-0.2, -0.15) is 0 Å². The normalized spacial score (nSPS) is 15.6. The van der Waals surface area contributed by atoms with E-state index in [4.69, 9.17) is 0 Å². The molecular formula is C13H20O. The Morgan fingerprint density at radius 2 is 1.86 bits per heavy atom. The lowest BCUT2D eigenvalue weighted by Gasteiger charge is -2.26. The Morgan fingerprint density at radius 3 is 2.36 bits per heavy atom. The first-order chi connectivity index (χ1) is 6.49. The van der Waals surface area contributed by atoms with Crippen molar-refractivity contribution in [3.05, 3.63) is 35.4 Å². The maximum absolute atomic E-state index is 10.2. The highest BCUT2D eigenvalue weighted by atomic mass is 16.3. The van der Waals surface area contributed by atoms with Crippen LogP contribution in [0.1, 0.15) is 51.2 Å². The third kappa shape index (κ3) is 2.16. The lowest BCUT2D eigenvalue weighted by molar-refractivity contribution is 0.0519. The van der Waals surface area contributed by atoms with Gasteiger partial charge in [0.2, 0.25) is 0 Å². The van der Waals surface area contributed by atoms with Gasteiger partial charge in [0.05, 0.1) is 5.60 Å². The molecule has 0 aromatic heterocycles. The Balaban J connectivity index is 3.20. The molecule has 0 aliphatic heterocycles. The first kappa shape index (κ1) is 11.3.